The molecule has 0 aliphatic rings. The lowest BCUT2D eigenvalue weighted by atomic mass is 10.2. The Morgan fingerprint density at radius 1 is 1.47 bits per heavy atom. The minimum absolute atomic E-state index is 0.0426. The molecule has 1 unspecified atom stereocenters. The van der Waals surface area contributed by atoms with Crippen LogP contribution in [0.3, 0.4) is 0 Å². The van der Waals surface area contributed by atoms with Crippen LogP contribution in [-0.4, -0.2) is 44.1 Å². The van der Waals surface area contributed by atoms with Gasteiger partial charge in [-0.1, -0.05) is 6.07 Å². The van der Waals surface area contributed by atoms with Gasteiger partial charge in [0.15, 0.2) is 9.84 Å². The van der Waals surface area contributed by atoms with Crippen molar-refractivity contribution in [3.63, 3.8) is 0 Å². The van der Waals surface area contributed by atoms with Gasteiger partial charge < -0.3 is 21.3 Å². The molecule has 1 aromatic rings. The van der Waals surface area contributed by atoms with Crippen molar-refractivity contribution in [3.05, 3.63) is 18.2 Å². The zero-order chi connectivity index (χ0) is 13.1. The van der Waals surface area contributed by atoms with E-state index in [9.17, 15) is 8.42 Å². The summed E-state index contributed by atoms with van der Waals surface area (Å²) in [7, 11) is -3.38. The highest BCUT2D eigenvalue weighted by atomic mass is 32.2. The molecule has 17 heavy (non-hydrogen) atoms. The van der Waals surface area contributed by atoms with Crippen molar-refractivity contribution in [1.82, 2.24) is 0 Å². The second-order valence-corrected chi connectivity index (χ2v) is 5.69. The number of rotatable bonds is 5. The Morgan fingerprint density at radius 2 is 2.12 bits per heavy atom. The molecule has 1 rings (SSSR count). The summed E-state index contributed by atoms with van der Waals surface area (Å²) in [5, 5.41) is 20.6. The van der Waals surface area contributed by atoms with Gasteiger partial charge in [-0.2, -0.15) is 0 Å². The maximum Gasteiger partial charge on any atom is 0.177 e. The minimum Gasteiger partial charge on any atom is -0.396 e. The van der Waals surface area contributed by atoms with Crippen LogP contribution in [-0.2, 0) is 9.84 Å². The first-order valence-electron chi connectivity index (χ1n) is 4.97. The largest absolute Gasteiger partial charge is 0.396 e. The Hall–Kier alpha value is -1.31. The number of nitrogen functional groups attached to an aromatic ring is 1. The lowest BCUT2D eigenvalue weighted by molar-refractivity contribution is 0.105. The van der Waals surface area contributed by atoms with Crippen molar-refractivity contribution >= 4 is 21.2 Å². The molecule has 0 fully saturated rings. The molecule has 96 valence electrons. The van der Waals surface area contributed by atoms with E-state index in [1.54, 1.807) is 12.1 Å². The zero-order valence-corrected chi connectivity index (χ0v) is 10.2. The van der Waals surface area contributed by atoms with E-state index in [4.69, 9.17) is 15.9 Å². The maximum absolute atomic E-state index is 11.4. The molecule has 0 amide bonds. The quantitative estimate of drug-likeness (QED) is 0.528. The van der Waals surface area contributed by atoms with Crippen LogP contribution in [0.15, 0.2) is 23.1 Å². The molecular formula is C10H16N2O4S. The summed E-state index contributed by atoms with van der Waals surface area (Å²) in [6.07, 6.45) is 0.154. The van der Waals surface area contributed by atoms with Crippen molar-refractivity contribution in [2.24, 2.45) is 0 Å². The Bertz CT molecular complexity index is 487. The van der Waals surface area contributed by atoms with Gasteiger partial charge >= 0.3 is 0 Å². The summed E-state index contributed by atoms with van der Waals surface area (Å²) >= 11 is 0. The van der Waals surface area contributed by atoms with Crippen LogP contribution in [0.5, 0.6) is 0 Å². The van der Waals surface area contributed by atoms with E-state index in [2.05, 4.69) is 5.32 Å². The highest BCUT2D eigenvalue weighted by molar-refractivity contribution is 7.90. The first-order chi connectivity index (χ1) is 7.86. The molecule has 0 saturated heterocycles. The van der Waals surface area contributed by atoms with E-state index < -0.39 is 15.9 Å². The minimum atomic E-state index is -3.38. The number of sulfone groups is 1. The summed E-state index contributed by atoms with van der Waals surface area (Å²) in [5.74, 6) is 0. The summed E-state index contributed by atoms with van der Waals surface area (Å²) < 4.78 is 22.8. The molecule has 7 heteroatoms. The van der Waals surface area contributed by atoms with Crippen molar-refractivity contribution in [3.8, 4) is 0 Å². The lowest BCUT2D eigenvalue weighted by Crippen LogP contribution is -2.23. The standard InChI is InChI=1S/C10H16N2O4S/c1-17(15,16)9-4-2-3-8(10(9)11)12-5-7(14)6-13/h2-4,7,12-14H,5-6,11H2,1H3. The molecule has 0 radical (unpaired) electrons. The zero-order valence-electron chi connectivity index (χ0n) is 9.42. The van der Waals surface area contributed by atoms with Crippen LogP contribution >= 0.6 is 0 Å². The van der Waals surface area contributed by atoms with E-state index in [1.165, 1.54) is 6.07 Å². The summed E-state index contributed by atoms with van der Waals surface area (Å²) in [5.41, 5.74) is 6.24. The Labute approximate surface area is 100.0 Å². The van der Waals surface area contributed by atoms with E-state index in [0.29, 0.717) is 5.69 Å². The fourth-order valence-electron chi connectivity index (χ4n) is 1.31. The second-order valence-electron chi connectivity index (χ2n) is 3.71. The van der Waals surface area contributed by atoms with Gasteiger partial charge in [-0.25, -0.2) is 8.42 Å². The summed E-state index contributed by atoms with van der Waals surface area (Å²) in [6, 6.07) is 4.58. The number of nitrogens with two attached hydrogens (primary N) is 1. The number of anilines is 2. The van der Waals surface area contributed by atoms with Crippen molar-refractivity contribution in [2.45, 2.75) is 11.0 Å². The van der Waals surface area contributed by atoms with Crippen LogP contribution in [0.2, 0.25) is 0 Å². The monoisotopic (exact) mass is 260 g/mol. The SMILES string of the molecule is CS(=O)(=O)c1cccc(NCC(O)CO)c1N. The van der Waals surface area contributed by atoms with Crippen LogP contribution in [0, 0.1) is 0 Å². The molecule has 1 aromatic carbocycles. The molecule has 0 aliphatic heterocycles. The summed E-state index contributed by atoms with van der Waals surface area (Å²) in [4.78, 5) is 0.0426. The third-order valence-electron chi connectivity index (χ3n) is 2.20. The van der Waals surface area contributed by atoms with Gasteiger partial charge in [0, 0.05) is 12.8 Å². The highest BCUT2D eigenvalue weighted by Gasteiger charge is 2.14. The van der Waals surface area contributed by atoms with Crippen LogP contribution in [0.1, 0.15) is 0 Å². The molecule has 0 heterocycles. The Balaban J connectivity index is 2.96. The van der Waals surface area contributed by atoms with Gasteiger partial charge in [-0.15, -0.1) is 0 Å². The first-order valence-corrected chi connectivity index (χ1v) is 6.86. The molecule has 6 nitrogen and oxygen atoms in total. The molecule has 1 atom stereocenters. The highest BCUT2D eigenvalue weighted by Crippen LogP contribution is 2.26. The number of aliphatic hydroxyl groups excluding tert-OH is 2. The third kappa shape index (κ3) is 3.58. The Morgan fingerprint density at radius 3 is 2.65 bits per heavy atom. The number of hydrogen-bond donors (Lipinski definition) is 4. The van der Waals surface area contributed by atoms with Crippen molar-refractivity contribution in [2.75, 3.05) is 30.5 Å². The van der Waals surface area contributed by atoms with E-state index >= 15 is 0 Å². The molecular weight excluding hydrogens is 244 g/mol. The topological polar surface area (TPSA) is 113 Å². The van der Waals surface area contributed by atoms with Crippen molar-refractivity contribution < 1.29 is 18.6 Å². The van der Waals surface area contributed by atoms with Gasteiger partial charge in [-0.05, 0) is 12.1 Å². The number of hydrogen-bond acceptors (Lipinski definition) is 6. The smallest absolute Gasteiger partial charge is 0.177 e. The predicted molar refractivity (Wildman–Crippen MR) is 65.5 cm³/mol. The number of para-hydroxylation sites is 1. The third-order valence-corrected chi connectivity index (χ3v) is 3.36. The van der Waals surface area contributed by atoms with E-state index in [-0.39, 0.29) is 23.7 Å². The van der Waals surface area contributed by atoms with Crippen LogP contribution in [0.4, 0.5) is 11.4 Å². The fourth-order valence-corrected chi connectivity index (χ4v) is 2.15. The average molecular weight is 260 g/mol. The molecule has 0 saturated carbocycles. The first kappa shape index (κ1) is 13.8. The molecule has 5 N–H and O–H groups in total. The van der Waals surface area contributed by atoms with Crippen molar-refractivity contribution in [1.29, 1.82) is 0 Å². The van der Waals surface area contributed by atoms with Gasteiger partial charge in [-0.3, -0.25) is 0 Å². The number of nitrogens with one attached hydrogen (secondary N) is 1. The molecule has 0 aromatic heterocycles. The van der Waals surface area contributed by atoms with Crippen LogP contribution in [0.25, 0.3) is 0 Å². The molecule has 0 bridgehead atoms. The lowest BCUT2D eigenvalue weighted by Gasteiger charge is -2.14. The van der Waals surface area contributed by atoms with E-state index in [0.717, 1.165) is 6.26 Å². The second kappa shape index (κ2) is 5.35. The average Bonchev–Trinajstić information content (AvgIpc) is 2.25. The number of aliphatic hydroxyl groups is 2. The van der Waals surface area contributed by atoms with Crippen LogP contribution < -0.4 is 11.1 Å². The van der Waals surface area contributed by atoms with Gasteiger partial charge in [0.2, 0.25) is 0 Å². The van der Waals surface area contributed by atoms with Gasteiger partial charge in [0.05, 0.1) is 29.0 Å². The Kier molecular flexibility index (Phi) is 4.33. The number of benzene rings is 1. The summed E-state index contributed by atoms with van der Waals surface area (Å²) in [6.45, 7) is -0.285. The normalized spacial score (nSPS) is 13.4. The fraction of sp³-hybridized carbons (Fsp3) is 0.400. The molecule has 0 spiro atoms. The van der Waals surface area contributed by atoms with E-state index in [1.807, 2.05) is 0 Å². The van der Waals surface area contributed by atoms with Gasteiger partial charge in [0.25, 0.3) is 0 Å². The predicted octanol–water partition coefficient (Wildman–Crippen LogP) is -0.563. The maximum atomic E-state index is 11.4. The van der Waals surface area contributed by atoms with Gasteiger partial charge in [0.1, 0.15) is 0 Å². The molecule has 0 aliphatic carbocycles.